The van der Waals surface area contributed by atoms with Crippen LogP contribution < -0.4 is 5.32 Å². The Labute approximate surface area is 413 Å². The number of amides is 1. The quantitative estimate of drug-likeness (QED) is 0.0293. The normalized spacial score (nSPS) is 20.0. The zero-order chi connectivity index (χ0) is 48.8. The van der Waals surface area contributed by atoms with E-state index in [1.54, 1.807) is 0 Å². The lowest BCUT2D eigenvalue weighted by Crippen LogP contribution is -2.60. The Morgan fingerprint density at radius 1 is 0.463 bits per heavy atom. The van der Waals surface area contributed by atoms with Crippen LogP contribution in [0.25, 0.3) is 0 Å². The lowest BCUT2D eigenvalue weighted by molar-refractivity contribution is -0.303. The summed E-state index contributed by atoms with van der Waals surface area (Å²) in [6.45, 7) is 3.65. The van der Waals surface area contributed by atoms with Crippen LogP contribution in [0.1, 0.15) is 296 Å². The van der Waals surface area contributed by atoms with Crippen molar-refractivity contribution in [2.75, 3.05) is 13.2 Å². The summed E-state index contributed by atoms with van der Waals surface area (Å²) in [5.41, 5.74) is 0. The lowest BCUT2D eigenvalue weighted by Gasteiger charge is -2.40. The number of hydrogen-bond acceptors (Lipinski definition) is 9. The van der Waals surface area contributed by atoms with E-state index in [0.717, 1.165) is 38.5 Å². The van der Waals surface area contributed by atoms with E-state index in [-0.39, 0.29) is 18.9 Å². The second-order valence-corrected chi connectivity index (χ2v) is 20.9. The molecule has 7 N–H and O–H groups in total. The van der Waals surface area contributed by atoms with E-state index < -0.39 is 55.6 Å². The summed E-state index contributed by atoms with van der Waals surface area (Å²) in [4.78, 5) is 13.1. The second-order valence-electron chi connectivity index (χ2n) is 20.9. The number of hydrogen-bond donors (Lipinski definition) is 7. The smallest absolute Gasteiger partial charge is 0.220 e. The number of carbonyl (C=O) groups excluding carboxylic acids is 1. The zero-order valence-corrected chi connectivity index (χ0v) is 44.1. The molecule has 1 aliphatic rings. The molecule has 1 aliphatic heterocycles. The molecule has 1 saturated heterocycles. The fourth-order valence-electron chi connectivity index (χ4n) is 9.85. The van der Waals surface area contributed by atoms with Gasteiger partial charge in [0.2, 0.25) is 5.91 Å². The summed E-state index contributed by atoms with van der Waals surface area (Å²) in [6, 6.07) is -0.986. The molecule has 0 aromatic rings. The van der Waals surface area contributed by atoms with Gasteiger partial charge in [-0.1, -0.05) is 277 Å². The molecule has 0 aliphatic carbocycles. The van der Waals surface area contributed by atoms with Crippen molar-refractivity contribution in [2.24, 2.45) is 0 Å². The van der Waals surface area contributed by atoms with Crippen LogP contribution in [0.5, 0.6) is 0 Å². The summed E-state index contributed by atoms with van der Waals surface area (Å²) in [5.74, 6) is -0.250. The molecule has 10 nitrogen and oxygen atoms in total. The molecule has 1 heterocycles. The Morgan fingerprint density at radius 3 is 1.10 bits per heavy atom. The summed E-state index contributed by atoms with van der Waals surface area (Å²) >= 11 is 0. The highest BCUT2D eigenvalue weighted by Gasteiger charge is 2.44. The molecule has 10 heteroatoms. The van der Waals surface area contributed by atoms with Gasteiger partial charge < -0.3 is 45.4 Å². The van der Waals surface area contributed by atoms with Crippen molar-refractivity contribution in [1.82, 2.24) is 5.32 Å². The minimum atomic E-state index is -1.60. The molecule has 0 bridgehead atoms. The molecular formula is C57H113NO9. The van der Waals surface area contributed by atoms with Crippen molar-refractivity contribution in [1.29, 1.82) is 0 Å². The fraction of sp³-hybridized carbons (Fsp3) is 0.982. The van der Waals surface area contributed by atoms with Gasteiger partial charge in [0.1, 0.15) is 30.5 Å². The summed E-state index contributed by atoms with van der Waals surface area (Å²) in [6.07, 6.45) is 45.6. The maximum absolute atomic E-state index is 13.1. The van der Waals surface area contributed by atoms with E-state index >= 15 is 0 Å². The van der Waals surface area contributed by atoms with Crippen molar-refractivity contribution in [2.45, 2.75) is 345 Å². The predicted octanol–water partition coefficient (Wildman–Crippen LogP) is 13.2. The Morgan fingerprint density at radius 2 is 0.776 bits per heavy atom. The van der Waals surface area contributed by atoms with Crippen molar-refractivity contribution in [3.63, 3.8) is 0 Å². The number of unbranched alkanes of at least 4 members (excludes halogenated alkanes) is 40. The number of nitrogens with one attached hydrogen (secondary N) is 1. The largest absolute Gasteiger partial charge is 0.394 e. The third-order valence-electron chi connectivity index (χ3n) is 14.6. The fourth-order valence-corrected chi connectivity index (χ4v) is 9.85. The number of ether oxygens (including phenoxy) is 2. The van der Waals surface area contributed by atoms with Crippen LogP contribution in [-0.4, -0.2) is 98.7 Å². The van der Waals surface area contributed by atoms with Crippen LogP contribution in [0.2, 0.25) is 0 Å². The average Bonchev–Trinajstić information content (AvgIpc) is 3.33. The maximum Gasteiger partial charge on any atom is 0.220 e. The van der Waals surface area contributed by atoms with Gasteiger partial charge in [0.25, 0.3) is 0 Å². The minimum absolute atomic E-state index is 0.250. The average molecular weight is 957 g/mol. The molecule has 0 spiro atoms. The SMILES string of the molecule is CCCCCCCCCCCCCCCCCCCCCCCCCCCCCCC(=O)N[C@@H](CO[C@@H]1O[C@H](CO)[C@H](O)C(O)C1O)[C@H](O)[C@H](O)CCCCCCCCCCCCCCCC. The Bertz CT molecular complexity index is 1040. The third kappa shape index (κ3) is 36.7. The van der Waals surface area contributed by atoms with E-state index in [9.17, 15) is 35.4 Å². The van der Waals surface area contributed by atoms with Gasteiger partial charge in [-0.05, 0) is 12.8 Å². The van der Waals surface area contributed by atoms with E-state index in [0.29, 0.717) is 6.42 Å². The highest BCUT2D eigenvalue weighted by Crippen LogP contribution is 2.24. The molecule has 0 aromatic heterocycles. The van der Waals surface area contributed by atoms with Gasteiger partial charge in [-0.15, -0.1) is 0 Å². The first-order chi connectivity index (χ1) is 32.8. The number of aliphatic hydroxyl groups excluding tert-OH is 6. The van der Waals surface area contributed by atoms with E-state index in [2.05, 4.69) is 19.2 Å². The topological polar surface area (TPSA) is 169 Å². The highest BCUT2D eigenvalue weighted by molar-refractivity contribution is 5.76. The Kier molecular flexibility index (Phi) is 45.5. The molecule has 400 valence electrons. The van der Waals surface area contributed by atoms with Crippen LogP contribution in [-0.2, 0) is 14.3 Å². The van der Waals surface area contributed by atoms with Gasteiger partial charge in [-0.2, -0.15) is 0 Å². The van der Waals surface area contributed by atoms with Gasteiger partial charge in [0.05, 0.1) is 25.4 Å². The molecule has 1 fully saturated rings. The van der Waals surface area contributed by atoms with Crippen molar-refractivity contribution < 1.29 is 44.9 Å². The molecule has 0 saturated carbocycles. The predicted molar refractivity (Wildman–Crippen MR) is 278 cm³/mol. The Balaban J connectivity index is 2.18. The molecular weight excluding hydrogens is 843 g/mol. The summed E-state index contributed by atoms with van der Waals surface area (Å²) in [5, 5.41) is 65.5. The van der Waals surface area contributed by atoms with Gasteiger partial charge in [-0.25, -0.2) is 0 Å². The van der Waals surface area contributed by atoms with Crippen molar-refractivity contribution >= 4 is 5.91 Å². The third-order valence-corrected chi connectivity index (χ3v) is 14.6. The lowest BCUT2D eigenvalue weighted by atomic mass is 9.98. The minimum Gasteiger partial charge on any atom is -0.394 e. The van der Waals surface area contributed by atoms with Gasteiger partial charge in [-0.3, -0.25) is 4.79 Å². The molecule has 1 amide bonds. The van der Waals surface area contributed by atoms with Gasteiger partial charge in [0.15, 0.2) is 6.29 Å². The van der Waals surface area contributed by atoms with Gasteiger partial charge >= 0.3 is 0 Å². The van der Waals surface area contributed by atoms with E-state index in [4.69, 9.17) is 9.47 Å². The number of rotatable bonds is 51. The van der Waals surface area contributed by atoms with Crippen LogP contribution in [0.4, 0.5) is 0 Å². The molecule has 0 radical (unpaired) electrons. The molecule has 2 unspecified atom stereocenters. The monoisotopic (exact) mass is 956 g/mol. The number of aliphatic hydroxyl groups is 6. The summed E-state index contributed by atoms with van der Waals surface area (Å²) in [7, 11) is 0. The van der Waals surface area contributed by atoms with Gasteiger partial charge in [0, 0.05) is 6.42 Å². The van der Waals surface area contributed by atoms with Crippen LogP contribution in [0.3, 0.4) is 0 Å². The van der Waals surface area contributed by atoms with E-state index in [1.165, 1.54) is 231 Å². The Hall–Kier alpha value is -0.850. The first kappa shape index (κ1) is 64.2. The van der Waals surface area contributed by atoms with Crippen LogP contribution >= 0.6 is 0 Å². The van der Waals surface area contributed by atoms with E-state index in [1.807, 2.05) is 0 Å². The van der Waals surface area contributed by atoms with Crippen LogP contribution in [0.15, 0.2) is 0 Å². The molecule has 8 atom stereocenters. The summed E-state index contributed by atoms with van der Waals surface area (Å²) < 4.78 is 11.2. The molecule has 67 heavy (non-hydrogen) atoms. The highest BCUT2D eigenvalue weighted by atomic mass is 16.7. The number of carbonyl (C=O) groups is 1. The second kappa shape index (κ2) is 47.5. The standard InChI is InChI=1S/C57H113NO9/c1-3-5-7-9-11-13-15-17-19-20-21-22-23-24-25-26-27-28-29-30-31-32-34-36-38-40-42-44-46-52(61)58-49(48-66-57-56(65)55(64)54(63)51(47-59)67-57)53(62)50(60)45-43-41-39-37-35-33-18-16-14-12-10-8-6-4-2/h49-51,53-57,59-60,62-65H,3-48H2,1-2H3,(H,58,61)/t49-,50+,51+,53-,54-,55?,56?,57+/m0/s1. The zero-order valence-electron chi connectivity index (χ0n) is 44.1. The van der Waals surface area contributed by atoms with Crippen molar-refractivity contribution in [3.05, 3.63) is 0 Å². The van der Waals surface area contributed by atoms with Crippen LogP contribution in [0, 0.1) is 0 Å². The first-order valence-corrected chi connectivity index (χ1v) is 29.3. The van der Waals surface area contributed by atoms with Crippen molar-refractivity contribution in [3.8, 4) is 0 Å². The molecule has 1 rings (SSSR count). The maximum atomic E-state index is 13.1. The molecule has 0 aromatic carbocycles. The first-order valence-electron chi connectivity index (χ1n) is 29.3.